The predicted octanol–water partition coefficient (Wildman–Crippen LogP) is 5.36. The van der Waals surface area contributed by atoms with Crippen LogP contribution in [-0.2, 0) is 13.5 Å². The Morgan fingerprint density at radius 2 is 1.83 bits per heavy atom. The number of aryl methyl sites for hydroxylation is 3. The first kappa shape index (κ1) is 17.1. The van der Waals surface area contributed by atoms with Crippen LogP contribution < -0.4 is 0 Å². The maximum Gasteiger partial charge on any atom is 0.0482 e. The number of likely N-dealkylation sites (tertiary alicyclic amines) is 1. The van der Waals surface area contributed by atoms with Crippen molar-refractivity contribution < 1.29 is 0 Å². The standard InChI is InChI=1S/C22H32N2/c1-16-7-10-21-20(15-16)19(18(3)23(21)6)9-8-17(2)24-13-11-22(4,5)12-14-24/h7,10,15H,2,8-9,11-14H2,1,3-6H3. The van der Waals surface area contributed by atoms with Gasteiger partial charge in [-0.05, 0) is 62.6 Å². The van der Waals surface area contributed by atoms with Crippen LogP contribution in [0.5, 0.6) is 0 Å². The minimum atomic E-state index is 0.501. The van der Waals surface area contributed by atoms with E-state index in [4.69, 9.17) is 0 Å². The van der Waals surface area contributed by atoms with E-state index in [0.29, 0.717) is 5.41 Å². The van der Waals surface area contributed by atoms with Crippen molar-refractivity contribution in [1.29, 1.82) is 0 Å². The van der Waals surface area contributed by atoms with Crippen LogP contribution in [0.4, 0.5) is 0 Å². The molecule has 0 unspecified atom stereocenters. The summed E-state index contributed by atoms with van der Waals surface area (Å²) in [5.74, 6) is 0. The van der Waals surface area contributed by atoms with Crippen molar-refractivity contribution >= 4 is 10.9 Å². The molecular formula is C22H32N2. The van der Waals surface area contributed by atoms with Crippen molar-refractivity contribution in [2.45, 2.75) is 53.4 Å². The molecule has 0 saturated carbocycles. The molecule has 130 valence electrons. The zero-order chi connectivity index (χ0) is 17.5. The number of benzene rings is 1. The van der Waals surface area contributed by atoms with Crippen LogP contribution in [0.2, 0.25) is 0 Å². The third-order valence-corrected chi connectivity index (χ3v) is 6.01. The molecule has 2 heterocycles. The monoisotopic (exact) mass is 324 g/mol. The number of allylic oxidation sites excluding steroid dienone is 1. The summed E-state index contributed by atoms with van der Waals surface area (Å²) in [7, 11) is 2.18. The summed E-state index contributed by atoms with van der Waals surface area (Å²) < 4.78 is 2.33. The molecule has 0 bridgehead atoms. The van der Waals surface area contributed by atoms with Crippen molar-refractivity contribution in [3.63, 3.8) is 0 Å². The smallest absolute Gasteiger partial charge is 0.0482 e. The number of hydrogen-bond donors (Lipinski definition) is 0. The molecule has 0 amide bonds. The Bertz CT molecular complexity index is 754. The molecule has 0 atom stereocenters. The summed E-state index contributed by atoms with van der Waals surface area (Å²) in [4.78, 5) is 2.51. The van der Waals surface area contributed by atoms with Crippen LogP contribution in [0, 0.1) is 19.3 Å². The Labute approximate surface area is 147 Å². The highest BCUT2D eigenvalue weighted by atomic mass is 15.1. The van der Waals surface area contributed by atoms with Crippen LogP contribution in [0.3, 0.4) is 0 Å². The van der Waals surface area contributed by atoms with Crippen molar-refractivity contribution in [2.75, 3.05) is 13.1 Å². The second kappa shape index (κ2) is 6.31. The average Bonchev–Trinajstić information content (AvgIpc) is 2.76. The molecule has 3 rings (SSSR count). The molecule has 1 aromatic carbocycles. The molecule has 0 spiro atoms. The number of fused-ring (bicyclic) bond motifs is 1. The van der Waals surface area contributed by atoms with E-state index in [1.807, 2.05) is 0 Å². The first-order valence-corrected chi connectivity index (χ1v) is 9.26. The Kier molecular flexibility index (Phi) is 4.50. The quantitative estimate of drug-likeness (QED) is 0.734. The van der Waals surface area contributed by atoms with Crippen molar-refractivity contribution in [2.24, 2.45) is 12.5 Å². The second-order valence-corrected chi connectivity index (χ2v) is 8.36. The van der Waals surface area contributed by atoms with Crippen LogP contribution in [0.1, 0.15) is 49.9 Å². The molecule has 0 aliphatic carbocycles. The molecule has 24 heavy (non-hydrogen) atoms. The van der Waals surface area contributed by atoms with Gasteiger partial charge in [0, 0.05) is 42.4 Å². The fraction of sp³-hybridized carbons (Fsp3) is 0.545. The lowest BCUT2D eigenvalue weighted by molar-refractivity contribution is 0.159. The second-order valence-electron chi connectivity index (χ2n) is 8.36. The Morgan fingerprint density at radius 3 is 2.50 bits per heavy atom. The van der Waals surface area contributed by atoms with Gasteiger partial charge in [-0.25, -0.2) is 0 Å². The summed E-state index contributed by atoms with van der Waals surface area (Å²) in [5.41, 5.74) is 7.39. The van der Waals surface area contributed by atoms with Gasteiger partial charge in [-0.2, -0.15) is 0 Å². The SMILES string of the molecule is C=C(CCc1c(C)n(C)c2ccc(C)cc12)N1CCC(C)(C)CC1. The first-order valence-electron chi connectivity index (χ1n) is 9.26. The van der Waals surface area contributed by atoms with E-state index in [9.17, 15) is 0 Å². The van der Waals surface area contributed by atoms with Gasteiger partial charge in [-0.1, -0.05) is 32.1 Å². The lowest BCUT2D eigenvalue weighted by Gasteiger charge is -2.39. The Balaban J connectivity index is 1.73. The third kappa shape index (κ3) is 3.24. The van der Waals surface area contributed by atoms with Gasteiger partial charge in [0.15, 0.2) is 0 Å². The zero-order valence-electron chi connectivity index (χ0n) is 16.1. The van der Waals surface area contributed by atoms with Gasteiger partial charge in [-0.15, -0.1) is 0 Å². The van der Waals surface area contributed by atoms with Gasteiger partial charge in [0.1, 0.15) is 0 Å². The van der Waals surface area contributed by atoms with Crippen molar-refractivity contribution in [3.8, 4) is 0 Å². The number of rotatable bonds is 4. The highest BCUT2D eigenvalue weighted by Gasteiger charge is 2.25. The molecule has 1 aliphatic rings. The first-order chi connectivity index (χ1) is 11.3. The zero-order valence-corrected chi connectivity index (χ0v) is 16.1. The summed E-state index contributed by atoms with van der Waals surface area (Å²) in [5, 5.41) is 1.42. The van der Waals surface area contributed by atoms with E-state index in [0.717, 1.165) is 12.8 Å². The van der Waals surface area contributed by atoms with Crippen LogP contribution in [0.25, 0.3) is 10.9 Å². The van der Waals surface area contributed by atoms with Crippen molar-refractivity contribution in [1.82, 2.24) is 9.47 Å². The predicted molar refractivity (Wildman–Crippen MR) is 104 cm³/mol. The summed E-state index contributed by atoms with van der Waals surface area (Å²) >= 11 is 0. The van der Waals surface area contributed by atoms with Crippen LogP contribution >= 0.6 is 0 Å². The topological polar surface area (TPSA) is 8.17 Å². The molecule has 2 aromatic rings. The van der Waals surface area contributed by atoms with E-state index in [-0.39, 0.29) is 0 Å². The summed E-state index contributed by atoms with van der Waals surface area (Å²) in [6, 6.07) is 6.80. The van der Waals surface area contributed by atoms with Gasteiger partial charge < -0.3 is 9.47 Å². The number of piperidine rings is 1. The third-order valence-electron chi connectivity index (χ3n) is 6.01. The van der Waals surface area contributed by atoms with Gasteiger partial charge in [0.2, 0.25) is 0 Å². The molecule has 2 nitrogen and oxygen atoms in total. The molecule has 1 saturated heterocycles. The normalized spacial score (nSPS) is 17.5. The number of aromatic nitrogens is 1. The van der Waals surface area contributed by atoms with Gasteiger partial charge in [0.25, 0.3) is 0 Å². The minimum absolute atomic E-state index is 0.501. The van der Waals surface area contributed by atoms with Crippen LogP contribution in [-0.4, -0.2) is 22.6 Å². The molecule has 0 radical (unpaired) electrons. The molecule has 1 aliphatic heterocycles. The van der Waals surface area contributed by atoms with Gasteiger partial charge in [0.05, 0.1) is 0 Å². The molecular weight excluding hydrogens is 292 g/mol. The van der Waals surface area contributed by atoms with Crippen LogP contribution in [0.15, 0.2) is 30.5 Å². The number of hydrogen-bond acceptors (Lipinski definition) is 1. The van der Waals surface area contributed by atoms with E-state index in [2.05, 4.69) is 69.0 Å². The van der Waals surface area contributed by atoms with Gasteiger partial charge >= 0.3 is 0 Å². The van der Waals surface area contributed by atoms with E-state index in [1.165, 1.54) is 59.4 Å². The highest BCUT2D eigenvalue weighted by Crippen LogP contribution is 2.32. The maximum absolute atomic E-state index is 4.39. The van der Waals surface area contributed by atoms with E-state index < -0.39 is 0 Å². The summed E-state index contributed by atoms with van der Waals surface area (Å²) in [6.45, 7) is 15.9. The Hall–Kier alpha value is -1.70. The lowest BCUT2D eigenvalue weighted by atomic mass is 9.82. The van der Waals surface area contributed by atoms with E-state index in [1.54, 1.807) is 0 Å². The van der Waals surface area contributed by atoms with Crippen molar-refractivity contribution in [3.05, 3.63) is 47.3 Å². The fourth-order valence-corrected chi connectivity index (χ4v) is 3.93. The fourth-order valence-electron chi connectivity index (χ4n) is 3.93. The highest BCUT2D eigenvalue weighted by molar-refractivity contribution is 5.86. The molecule has 2 heteroatoms. The van der Waals surface area contributed by atoms with E-state index >= 15 is 0 Å². The molecule has 1 fully saturated rings. The largest absolute Gasteiger partial charge is 0.375 e. The van der Waals surface area contributed by atoms with Gasteiger partial charge in [-0.3, -0.25) is 0 Å². The average molecular weight is 325 g/mol. The minimum Gasteiger partial charge on any atom is -0.375 e. The lowest BCUT2D eigenvalue weighted by Crippen LogP contribution is -2.36. The number of nitrogens with zero attached hydrogens (tertiary/aromatic N) is 2. The molecule has 1 aromatic heterocycles. The maximum atomic E-state index is 4.39. The summed E-state index contributed by atoms with van der Waals surface area (Å²) in [6.07, 6.45) is 4.71. The Morgan fingerprint density at radius 1 is 1.17 bits per heavy atom. The molecule has 0 N–H and O–H groups in total.